The Morgan fingerprint density at radius 3 is 1.53 bits per heavy atom. The quantitative estimate of drug-likeness (QED) is 0.437. The Morgan fingerprint density at radius 2 is 1.27 bits per heavy atom. The van der Waals surface area contributed by atoms with Crippen LogP contribution in [0.25, 0.3) is 0 Å². The molecule has 0 spiro atoms. The molecule has 0 aliphatic heterocycles. The van der Waals surface area contributed by atoms with Crippen LogP contribution in [0.5, 0.6) is 0 Å². The summed E-state index contributed by atoms with van der Waals surface area (Å²) in [6.07, 6.45) is 10.7. The third-order valence-electron chi connectivity index (χ3n) is 3.65. The molecule has 90 valence electrons. The smallest absolute Gasteiger partial charge is 0.411 e. The summed E-state index contributed by atoms with van der Waals surface area (Å²) < 4.78 is 0.726. The predicted octanol–water partition coefficient (Wildman–Crippen LogP) is 3.00. The molecule has 2 saturated carbocycles. The summed E-state index contributed by atoms with van der Waals surface area (Å²) in [5.74, 6) is 0. The van der Waals surface area contributed by atoms with E-state index in [0.717, 1.165) is 4.32 Å². The fourth-order valence-electron chi connectivity index (χ4n) is 2.96. The Bertz CT molecular complexity index is 195. The Balaban J connectivity index is 0.00000112. The topological polar surface area (TPSA) is 3.24 Å². The van der Waals surface area contributed by atoms with Gasteiger partial charge in [0.2, 0.25) is 0 Å². The predicted molar refractivity (Wildman–Crippen MR) is 66.3 cm³/mol. The van der Waals surface area contributed by atoms with Crippen molar-refractivity contribution in [3.8, 4) is 0 Å². The van der Waals surface area contributed by atoms with Gasteiger partial charge in [-0.15, -0.1) is 0 Å². The summed E-state index contributed by atoms with van der Waals surface area (Å²) in [5.41, 5.74) is 0. The minimum atomic E-state index is 0. The van der Waals surface area contributed by atoms with E-state index in [1.54, 1.807) is 0 Å². The van der Waals surface area contributed by atoms with E-state index < -0.39 is 0 Å². The van der Waals surface area contributed by atoms with Gasteiger partial charge in [-0.05, 0) is 25.7 Å². The Labute approximate surface area is 114 Å². The summed E-state index contributed by atoms with van der Waals surface area (Å²) in [7, 11) is 0. The molecule has 0 heterocycles. The second-order valence-corrected chi connectivity index (χ2v) is 5.58. The zero-order valence-corrected chi connectivity index (χ0v) is 11.5. The second-order valence-electron chi connectivity index (χ2n) is 4.55. The van der Waals surface area contributed by atoms with Gasteiger partial charge < -0.3 is 29.7 Å². The van der Waals surface area contributed by atoms with Gasteiger partial charge in [-0.2, -0.15) is 0 Å². The summed E-state index contributed by atoms with van der Waals surface area (Å²) in [4.78, 5) is 2.39. The van der Waals surface area contributed by atoms with Gasteiger partial charge in [0.15, 0.2) is 0 Å². The summed E-state index contributed by atoms with van der Waals surface area (Å²) in [6.45, 7) is 0. The van der Waals surface area contributed by atoms with Crippen molar-refractivity contribution < 1.29 is 17.1 Å². The number of hydrogen-bond donors (Lipinski definition) is 0. The van der Waals surface area contributed by atoms with Crippen LogP contribution in [0.4, 0.5) is 0 Å². The molecular formula is C11H18CuNS2. The van der Waals surface area contributed by atoms with Crippen LogP contribution in [0.1, 0.15) is 51.4 Å². The van der Waals surface area contributed by atoms with Crippen molar-refractivity contribution in [3.05, 3.63) is 0 Å². The largest absolute Gasteiger partial charge is 1.00 e. The molecule has 15 heavy (non-hydrogen) atoms. The molecule has 0 aromatic heterocycles. The van der Waals surface area contributed by atoms with Crippen LogP contribution >= 0.6 is 12.2 Å². The molecule has 4 heteroatoms. The van der Waals surface area contributed by atoms with E-state index in [2.05, 4.69) is 4.90 Å². The molecule has 0 atom stereocenters. The normalized spacial score (nSPS) is 22.7. The summed E-state index contributed by atoms with van der Waals surface area (Å²) in [5, 5.41) is 0. The van der Waals surface area contributed by atoms with Crippen LogP contribution in [-0.4, -0.2) is 21.3 Å². The van der Waals surface area contributed by atoms with E-state index in [4.69, 9.17) is 24.8 Å². The van der Waals surface area contributed by atoms with Gasteiger partial charge in [0, 0.05) is 12.1 Å². The van der Waals surface area contributed by atoms with Gasteiger partial charge in [-0.25, -0.2) is 0 Å². The molecule has 2 aliphatic rings. The van der Waals surface area contributed by atoms with Crippen LogP contribution in [0.15, 0.2) is 0 Å². The van der Waals surface area contributed by atoms with Crippen molar-refractivity contribution in [1.82, 2.24) is 4.90 Å². The van der Waals surface area contributed by atoms with E-state index in [-0.39, 0.29) is 17.1 Å². The van der Waals surface area contributed by atoms with Crippen LogP contribution in [0.2, 0.25) is 0 Å². The molecule has 0 radical (unpaired) electrons. The minimum Gasteiger partial charge on any atom is -0.411 e. The maximum absolute atomic E-state index is 5.23. The van der Waals surface area contributed by atoms with Crippen LogP contribution in [0.3, 0.4) is 0 Å². The van der Waals surface area contributed by atoms with E-state index in [0.29, 0.717) is 12.1 Å². The number of hydrogen-bond acceptors (Lipinski definition) is 2. The molecule has 2 rings (SSSR count). The first-order chi connectivity index (χ1) is 6.79. The molecular weight excluding hydrogens is 274 g/mol. The monoisotopic (exact) mass is 291 g/mol. The van der Waals surface area contributed by atoms with Crippen molar-refractivity contribution in [2.75, 3.05) is 0 Å². The molecule has 2 fully saturated rings. The van der Waals surface area contributed by atoms with Crippen molar-refractivity contribution in [3.63, 3.8) is 0 Å². The first kappa shape index (κ1) is 13.7. The summed E-state index contributed by atoms with van der Waals surface area (Å²) in [6, 6.07) is 1.37. The minimum absolute atomic E-state index is 0. The second kappa shape index (κ2) is 6.39. The van der Waals surface area contributed by atoms with Crippen molar-refractivity contribution in [2.45, 2.75) is 63.5 Å². The van der Waals surface area contributed by atoms with Crippen molar-refractivity contribution in [1.29, 1.82) is 0 Å². The van der Waals surface area contributed by atoms with Gasteiger partial charge in [0.1, 0.15) is 0 Å². The van der Waals surface area contributed by atoms with E-state index in [1.807, 2.05) is 0 Å². The molecule has 0 aromatic carbocycles. The maximum Gasteiger partial charge on any atom is 1.00 e. The van der Waals surface area contributed by atoms with Crippen LogP contribution < -0.4 is 0 Å². The van der Waals surface area contributed by atoms with Gasteiger partial charge in [0.25, 0.3) is 0 Å². The Kier molecular flexibility index (Phi) is 5.83. The Morgan fingerprint density at radius 1 is 0.933 bits per heavy atom. The first-order valence-corrected chi connectivity index (χ1v) is 6.60. The van der Waals surface area contributed by atoms with Gasteiger partial charge >= 0.3 is 17.1 Å². The maximum atomic E-state index is 5.23. The van der Waals surface area contributed by atoms with E-state index in [1.165, 1.54) is 51.4 Å². The summed E-state index contributed by atoms with van der Waals surface area (Å²) >= 11 is 10.5. The molecule has 2 aliphatic carbocycles. The SMILES string of the molecule is S=C([S-])N(C1CCCC1)C1CCCC1.[Cu+]. The first-order valence-electron chi connectivity index (χ1n) is 5.78. The fraction of sp³-hybridized carbons (Fsp3) is 0.909. The van der Waals surface area contributed by atoms with Gasteiger partial charge in [-0.3, -0.25) is 0 Å². The molecule has 0 unspecified atom stereocenters. The molecule has 0 aromatic rings. The van der Waals surface area contributed by atoms with E-state index in [9.17, 15) is 0 Å². The van der Waals surface area contributed by atoms with Crippen molar-refractivity contribution >= 4 is 29.2 Å². The fourth-order valence-corrected chi connectivity index (χ4v) is 3.56. The Hall–Kier alpha value is 0.629. The van der Waals surface area contributed by atoms with E-state index >= 15 is 0 Å². The third kappa shape index (κ3) is 3.29. The zero-order valence-electron chi connectivity index (χ0n) is 8.88. The standard InChI is InChI=1S/C11H19NS2.Cu/c13-11(14)12(9-5-1-2-6-9)10-7-3-4-8-10;/h9-10H,1-8H2,(H,13,14);/q;+1/p-1. The average molecular weight is 292 g/mol. The molecule has 0 saturated heterocycles. The third-order valence-corrected chi connectivity index (χ3v) is 4.07. The van der Waals surface area contributed by atoms with Crippen LogP contribution in [0, 0.1) is 0 Å². The zero-order chi connectivity index (χ0) is 9.97. The molecule has 0 N–H and O–H groups in total. The average Bonchev–Trinajstić information content (AvgIpc) is 2.75. The van der Waals surface area contributed by atoms with Crippen molar-refractivity contribution in [2.24, 2.45) is 0 Å². The molecule has 0 bridgehead atoms. The molecule has 1 nitrogen and oxygen atoms in total. The van der Waals surface area contributed by atoms with Gasteiger partial charge in [0.05, 0.1) is 0 Å². The van der Waals surface area contributed by atoms with Gasteiger partial charge in [-0.1, -0.05) is 30.0 Å². The number of thiocarbonyl (C=S) groups is 1. The number of nitrogens with zero attached hydrogens (tertiary/aromatic N) is 1. The number of rotatable bonds is 2. The molecule has 0 amide bonds. The van der Waals surface area contributed by atoms with Crippen LogP contribution in [-0.2, 0) is 29.7 Å².